The van der Waals surface area contributed by atoms with Gasteiger partial charge in [-0.15, -0.1) is 0 Å². The summed E-state index contributed by atoms with van der Waals surface area (Å²) in [5.74, 6) is 0.106. The van der Waals surface area contributed by atoms with Crippen molar-refractivity contribution in [3.05, 3.63) is 74.1 Å². The van der Waals surface area contributed by atoms with Gasteiger partial charge in [-0.25, -0.2) is 4.79 Å². The van der Waals surface area contributed by atoms with Gasteiger partial charge in [0.05, 0.1) is 4.92 Å². The number of phenols is 1. The summed E-state index contributed by atoms with van der Waals surface area (Å²) in [7, 11) is 0. The van der Waals surface area contributed by atoms with Crippen LogP contribution < -0.4 is 10.5 Å². The maximum atomic E-state index is 12.0. The van der Waals surface area contributed by atoms with Crippen molar-refractivity contribution in [2.75, 3.05) is 31.1 Å². The minimum Gasteiger partial charge on any atom is -0.508 e. The lowest BCUT2D eigenvalue weighted by Gasteiger charge is -2.36. The molecule has 0 aliphatic carbocycles. The Bertz CT molecular complexity index is 1120. The maximum Gasteiger partial charge on any atom is 0.336 e. The third-order valence-corrected chi connectivity index (χ3v) is 5.41. The number of phenolic OH excluding ortho intramolecular Hbond substituents is 1. The van der Waals surface area contributed by atoms with Crippen molar-refractivity contribution in [2.45, 2.75) is 13.5 Å². The van der Waals surface area contributed by atoms with Crippen LogP contribution in [0.1, 0.15) is 11.1 Å². The molecule has 8 nitrogen and oxygen atoms in total. The average molecular weight is 395 g/mol. The molecule has 1 N–H and O–H groups in total. The van der Waals surface area contributed by atoms with E-state index in [2.05, 4.69) is 9.80 Å². The molecule has 1 aromatic heterocycles. The molecule has 29 heavy (non-hydrogen) atoms. The Morgan fingerprint density at radius 1 is 1.10 bits per heavy atom. The number of rotatable bonds is 4. The number of nitro groups is 1. The first kappa shape index (κ1) is 18.9. The molecule has 150 valence electrons. The van der Waals surface area contributed by atoms with E-state index in [-0.39, 0.29) is 11.4 Å². The molecule has 1 fully saturated rings. The van der Waals surface area contributed by atoms with E-state index in [1.165, 1.54) is 18.2 Å². The van der Waals surface area contributed by atoms with Crippen molar-refractivity contribution >= 4 is 22.3 Å². The molecule has 0 unspecified atom stereocenters. The predicted octanol–water partition coefficient (Wildman–Crippen LogP) is 3.04. The Morgan fingerprint density at radius 3 is 2.45 bits per heavy atom. The van der Waals surface area contributed by atoms with Crippen LogP contribution in [0.4, 0.5) is 11.4 Å². The quantitative estimate of drug-likeness (QED) is 0.412. The highest BCUT2D eigenvalue weighted by molar-refractivity contribution is 5.84. The summed E-state index contributed by atoms with van der Waals surface area (Å²) in [5, 5.41) is 21.5. The van der Waals surface area contributed by atoms with E-state index in [1.807, 2.05) is 0 Å². The maximum absolute atomic E-state index is 12.0. The molecule has 4 rings (SSSR count). The van der Waals surface area contributed by atoms with Crippen LogP contribution in [-0.2, 0) is 6.54 Å². The fraction of sp³-hybridized carbons (Fsp3) is 0.286. The van der Waals surface area contributed by atoms with Gasteiger partial charge in [0.25, 0.3) is 5.69 Å². The van der Waals surface area contributed by atoms with Crippen molar-refractivity contribution < 1.29 is 14.4 Å². The standard InChI is InChI=1S/C21H21N3O5/c1-14-19(25)7-6-18-15(12-20(26)29-21(14)18)13-22-8-10-23(11-9-22)16-2-4-17(5-3-16)24(27)28/h2-7,12,25H,8-11,13H2,1H3. The number of hydrogen-bond acceptors (Lipinski definition) is 7. The van der Waals surface area contributed by atoms with Crippen LogP contribution in [0.15, 0.2) is 51.7 Å². The lowest BCUT2D eigenvalue weighted by molar-refractivity contribution is -0.384. The molecule has 0 amide bonds. The lowest BCUT2D eigenvalue weighted by Crippen LogP contribution is -2.46. The van der Waals surface area contributed by atoms with Gasteiger partial charge in [0.15, 0.2) is 0 Å². The smallest absolute Gasteiger partial charge is 0.336 e. The highest BCUT2D eigenvalue weighted by atomic mass is 16.6. The molecular weight excluding hydrogens is 374 g/mol. The molecule has 0 spiro atoms. The van der Waals surface area contributed by atoms with Gasteiger partial charge >= 0.3 is 5.63 Å². The van der Waals surface area contributed by atoms with Crippen molar-refractivity contribution in [1.29, 1.82) is 0 Å². The van der Waals surface area contributed by atoms with Crippen LogP contribution in [0.2, 0.25) is 0 Å². The molecule has 0 atom stereocenters. The van der Waals surface area contributed by atoms with E-state index in [1.54, 1.807) is 31.2 Å². The normalized spacial score (nSPS) is 15.0. The zero-order valence-corrected chi connectivity index (χ0v) is 16.0. The minimum absolute atomic E-state index is 0.0866. The molecule has 0 radical (unpaired) electrons. The fourth-order valence-electron chi connectivity index (χ4n) is 3.74. The molecule has 0 bridgehead atoms. The molecule has 3 aromatic rings. The monoisotopic (exact) mass is 395 g/mol. The summed E-state index contributed by atoms with van der Waals surface area (Å²) in [4.78, 5) is 26.9. The van der Waals surface area contributed by atoms with Crippen LogP contribution in [0, 0.1) is 17.0 Å². The van der Waals surface area contributed by atoms with Gasteiger partial charge in [0.1, 0.15) is 11.3 Å². The topological polar surface area (TPSA) is 100 Å². The summed E-state index contributed by atoms with van der Waals surface area (Å²) < 4.78 is 5.31. The van der Waals surface area contributed by atoms with Gasteiger partial charge in [-0.05, 0) is 36.8 Å². The van der Waals surface area contributed by atoms with Gasteiger partial charge in [-0.3, -0.25) is 15.0 Å². The number of piperazine rings is 1. The number of fused-ring (bicyclic) bond motifs is 1. The Balaban J connectivity index is 1.48. The van der Waals surface area contributed by atoms with Gasteiger partial charge in [0, 0.05) is 67.6 Å². The van der Waals surface area contributed by atoms with Gasteiger partial charge in [-0.1, -0.05) is 0 Å². The zero-order valence-electron chi connectivity index (χ0n) is 16.0. The molecule has 1 saturated heterocycles. The number of nitro benzene ring substituents is 1. The first-order valence-electron chi connectivity index (χ1n) is 9.39. The summed E-state index contributed by atoms with van der Waals surface area (Å²) >= 11 is 0. The van der Waals surface area contributed by atoms with E-state index in [9.17, 15) is 20.0 Å². The fourth-order valence-corrected chi connectivity index (χ4v) is 3.74. The van der Waals surface area contributed by atoms with Crippen LogP contribution in [0.3, 0.4) is 0 Å². The van der Waals surface area contributed by atoms with E-state index in [0.29, 0.717) is 17.7 Å². The van der Waals surface area contributed by atoms with E-state index in [4.69, 9.17) is 4.42 Å². The van der Waals surface area contributed by atoms with Crippen molar-refractivity contribution in [1.82, 2.24) is 4.90 Å². The Hall–Kier alpha value is -3.39. The van der Waals surface area contributed by atoms with Crippen LogP contribution in [0.5, 0.6) is 5.75 Å². The van der Waals surface area contributed by atoms with Crippen molar-refractivity contribution in [3.8, 4) is 5.75 Å². The molecule has 1 aliphatic rings. The summed E-state index contributed by atoms with van der Waals surface area (Å²) in [5.41, 5.74) is 2.49. The van der Waals surface area contributed by atoms with Crippen LogP contribution >= 0.6 is 0 Å². The third kappa shape index (κ3) is 3.79. The first-order chi connectivity index (χ1) is 13.9. The summed E-state index contributed by atoms with van der Waals surface area (Å²) in [6.45, 7) is 5.52. The third-order valence-electron chi connectivity index (χ3n) is 5.41. The second-order valence-electron chi connectivity index (χ2n) is 7.21. The largest absolute Gasteiger partial charge is 0.508 e. The molecule has 2 aromatic carbocycles. The van der Waals surface area contributed by atoms with Gasteiger partial charge < -0.3 is 14.4 Å². The van der Waals surface area contributed by atoms with E-state index < -0.39 is 10.5 Å². The molecule has 1 aliphatic heterocycles. The number of nitrogens with zero attached hydrogens (tertiary/aromatic N) is 3. The number of aryl methyl sites for hydroxylation is 1. The Labute approximate surface area is 166 Å². The average Bonchev–Trinajstić information content (AvgIpc) is 2.72. The number of aromatic hydroxyl groups is 1. The predicted molar refractivity (Wildman–Crippen MR) is 109 cm³/mol. The van der Waals surface area contributed by atoms with Crippen molar-refractivity contribution in [3.63, 3.8) is 0 Å². The SMILES string of the molecule is Cc1c(O)ccc2c(CN3CCN(c4ccc([N+](=O)[O-])cc4)CC3)cc(=O)oc12. The Kier molecular flexibility index (Phi) is 4.94. The number of non-ortho nitro benzene ring substituents is 1. The second kappa shape index (κ2) is 7.56. The van der Waals surface area contributed by atoms with Gasteiger partial charge in [-0.2, -0.15) is 0 Å². The van der Waals surface area contributed by atoms with Crippen molar-refractivity contribution in [2.24, 2.45) is 0 Å². The number of hydrogen-bond donors (Lipinski definition) is 1. The number of anilines is 1. The second-order valence-corrected chi connectivity index (χ2v) is 7.21. The van der Waals surface area contributed by atoms with E-state index >= 15 is 0 Å². The zero-order chi connectivity index (χ0) is 20.5. The highest BCUT2D eigenvalue weighted by Crippen LogP contribution is 2.28. The number of benzene rings is 2. The van der Waals surface area contributed by atoms with Crippen LogP contribution in [0.25, 0.3) is 11.0 Å². The lowest BCUT2D eigenvalue weighted by atomic mass is 10.1. The summed E-state index contributed by atoms with van der Waals surface area (Å²) in [6.07, 6.45) is 0. The minimum atomic E-state index is -0.425. The molecule has 0 saturated carbocycles. The molecule has 8 heteroatoms. The summed E-state index contributed by atoms with van der Waals surface area (Å²) in [6, 6.07) is 11.5. The first-order valence-corrected chi connectivity index (χ1v) is 9.39. The molecule has 2 heterocycles. The molecular formula is C21H21N3O5. The van der Waals surface area contributed by atoms with Crippen LogP contribution in [-0.4, -0.2) is 41.1 Å². The van der Waals surface area contributed by atoms with E-state index in [0.717, 1.165) is 42.8 Å². The van der Waals surface area contributed by atoms with Gasteiger partial charge in [0.2, 0.25) is 0 Å². The highest BCUT2D eigenvalue weighted by Gasteiger charge is 2.20. The Morgan fingerprint density at radius 2 is 1.79 bits per heavy atom.